The third kappa shape index (κ3) is 3.42. The van der Waals surface area contributed by atoms with E-state index in [1.807, 2.05) is 0 Å². The summed E-state index contributed by atoms with van der Waals surface area (Å²) in [4.78, 5) is 20.1. The number of aromatic nitrogens is 3. The number of nitrogens with zero attached hydrogens (tertiary/aromatic N) is 3. The van der Waals surface area contributed by atoms with Crippen LogP contribution in [0.25, 0.3) is 11.0 Å². The molecule has 0 spiro atoms. The number of alkyl halides is 1. The minimum Gasteiger partial charge on any atom is -0.431 e. The van der Waals surface area contributed by atoms with E-state index in [1.165, 1.54) is 10.9 Å². The molecule has 2 fully saturated rings. The monoisotopic (exact) mass is 458 g/mol. The highest BCUT2D eigenvalue weighted by Crippen LogP contribution is 2.39. The van der Waals surface area contributed by atoms with Gasteiger partial charge in [0, 0.05) is 10.7 Å². The van der Waals surface area contributed by atoms with Crippen LogP contribution in [0.2, 0.25) is 0 Å². The molecule has 1 aliphatic carbocycles. The average molecular weight is 459 g/mol. The van der Waals surface area contributed by atoms with Gasteiger partial charge in [0.15, 0.2) is 18.5 Å². The molecule has 3 heterocycles. The smallest absolute Gasteiger partial charge is 0.431 e. The molecule has 152 valence electrons. The second-order valence-corrected chi connectivity index (χ2v) is 7.75. The van der Waals surface area contributed by atoms with Crippen molar-refractivity contribution in [2.24, 2.45) is 0 Å². The second kappa shape index (κ2) is 7.80. The van der Waals surface area contributed by atoms with Crippen molar-refractivity contribution in [3.8, 4) is 0 Å². The van der Waals surface area contributed by atoms with Crippen molar-refractivity contribution in [3.05, 3.63) is 17.0 Å². The third-order valence-electron chi connectivity index (χ3n) is 5.11. The maximum atomic E-state index is 15.2. The Morgan fingerprint density at radius 3 is 2.86 bits per heavy atom. The van der Waals surface area contributed by atoms with E-state index >= 15 is 4.39 Å². The Balaban J connectivity index is 1.55. The maximum absolute atomic E-state index is 15.2. The number of aliphatic hydroxyl groups excluding tert-OH is 1. The molecular weight excluding hydrogens is 439 g/mol. The minimum atomic E-state index is -1.74. The van der Waals surface area contributed by atoms with Crippen LogP contribution in [-0.2, 0) is 14.2 Å². The van der Waals surface area contributed by atoms with Crippen LogP contribution in [0, 0.1) is 0 Å². The van der Waals surface area contributed by atoms with Gasteiger partial charge in [0.05, 0.1) is 12.0 Å². The minimum absolute atomic E-state index is 0.208. The zero-order valence-corrected chi connectivity index (χ0v) is 16.4. The molecule has 0 unspecified atom stereocenters. The van der Waals surface area contributed by atoms with E-state index in [9.17, 15) is 9.90 Å². The fourth-order valence-corrected chi connectivity index (χ4v) is 4.34. The van der Waals surface area contributed by atoms with Gasteiger partial charge in [-0.05, 0) is 41.6 Å². The molecule has 0 bridgehead atoms. The number of hydrogen-bond donors (Lipinski definition) is 2. The summed E-state index contributed by atoms with van der Waals surface area (Å²) in [6, 6.07) is 0. The number of carbonyl (C=O) groups is 1. The summed E-state index contributed by atoms with van der Waals surface area (Å²) in [5.74, 6) is 0.232. The van der Waals surface area contributed by atoms with Gasteiger partial charge in [-0.15, -0.1) is 0 Å². The van der Waals surface area contributed by atoms with E-state index < -0.39 is 37.4 Å². The number of nitrogen functional groups attached to an aromatic ring is 1. The Hall–Kier alpha value is -1.98. The van der Waals surface area contributed by atoms with Crippen LogP contribution in [0.15, 0.2) is 17.0 Å². The number of ether oxygens (including phenoxy) is 3. The molecule has 0 amide bonds. The summed E-state index contributed by atoms with van der Waals surface area (Å²) >= 11 is 3.36. The van der Waals surface area contributed by atoms with E-state index in [4.69, 9.17) is 19.9 Å². The van der Waals surface area contributed by atoms with Crippen molar-refractivity contribution in [2.45, 2.75) is 56.4 Å². The highest BCUT2D eigenvalue weighted by atomic mass is 79.9. The van der Waals surface area contributed by atoms with Crippen molar-refractivity contribution in [3.63, 3.8) is 0 Å². The largest absolute Gasteiger partial charge is 0.509 e. The lowest BCUT2D eigenvalue weighted by Gasteiger charge is -2.19. The standard InChI is InChI=1S/C17H20BrFN4O5/c18-9-5-23(15-11(9)14(20)21-7-22-15)16-12(19)13(10(6-24)27-16)28-17(25)26-8-3-1-2-4-8/h5,7-8,10,12-13,16,24H,1-4,6H2,(H2,20,21,22)/t10-,12+,13-,16-/m1/s1. The lowest BCUT2D eigenvalue weighted by atomic mass is 10.1. The average Bonchev–Trinajstić information content (AvgIpc) is 3.36. The van der Waals surface area contributed by atoms with Gasteiger partial charge in [-0.2, -0.15) is 0 Å². The number of carbonyl (C=O) groups excluding carboxylic acids is 1. The van der Waals surface area contributed by atoms with Crippen molar-refractivity contribution in [1.29, 1.82) is 0 Å². The first-order chi connectivity index (χ1) is 13.5. The molecule has 3 N–H and O–H groups in total. The second-order valence-electron chi connectivity index (χ2n) is 6.89. The summed E-state index contributed by atoms with van der Waals surface area (Å²) in [5.41, 5.74) is 6.23. The molecule has 1 saturated heterocycles. The van der Waals surface area contributed by atoms with Crippen LogP contribution in [0.3, 0.4) is 0 Å². The lowest BCUT2D eigenvalue weighted by molar-refractivity contribution is -0.0600. The molecule has 2 aromatic heterocycles. The number of fused-ring (bicyclic) bond motifs is 1. The Morgan fingerprint density at radius 1 is 1.39 bits per heavy atom. The van der Waals surface area contributed by atoms with Crippen molar-refractivity contribution < 1.29 is 28.5 Å². The quantitative estimate of drug-likeness (QED) is 0.669. The van der Waals surface area contributed by atoms with Crippen molar-refractivity contribution in [1.82, 2.24) is 14.5 Å². The maximum Gasteiger partial charge on any atom is 0.509 e. The molecule has 1 saturated carbocycles. The van der Waals surface area contributed by atoms with Crippen molar-refractivity contribution >= 4 is 38.9 Å². The summed E-state index contributed by atoms with van der Waals surface area (Å²) in [7, 11) is 0. The Kier molecular flexibility index (Phi) is 5.39. The number of hydrogen-bond acceptors (Lipinski definition) is 8. The lowest BCUT2D eigenvalue weighted by Crippen LogP contribution is -2.36. The van der Waals surface area contributed by atoms with Gasteiger partial charge < -0.3 is 29.6 Å². The summed E-state index contributed by atoms with van der Waals surface area (Å²) < 4.78 is 33.3. The first-order valence-electron chi connectivity index (χ1n) is 9.03. The Morgan fingerprint density at radius 2 is 2.14 bits per heavy atom. The number of halogens is 2. The summed E-state index contributed by atoms with van der Waals surface area (Å²) in [5, 5.41) is 10.1. The van der Waals surface area contributed by atoms with Gasteiger partial charge in [-0.1, -0.05) is 0 Å². The van der Waals surface area contributed by atoms with Crippen LogP contribution in [0.4, 0.5) is 15.0 Å². The molecule has 4 atom stereocenters. The van der Waals surface area contributed by atoms with E-state index in [0.29, 0.717) is 15.5 Å². The molecule has 0 radical (unpaired) electrons. The predicted octanol–water partition coefficient (Wildman–Crippen LogP) is 2.47. The first-order valence-corrected chi connectivity index (χ1v) is 9.83. The van der Waals surface area contributed by atoms with E-state index in [-0.39, 0.29) is 11.9 Å². The molecule has 0 aromatic carbocycles. The summed E-state index contributed by atoms with van der Waals surface area (Å²) in [6.07, 6.45) is -0.0662. The van der Waals surface area contributed by atoms with E-state index in [2.05, 4.69) is 25.9 Å². The highest BCUT2D eigenvalue weighted by molar-refractivity contribution is 9.10. The molecule has 28 heavy (non-hydrogen) atoms. The van der Waals surface area contributed by atoms with E-state index in [1.54, 1.807) is 6.20 Å². The molecule has 2 aliphatic rings. The van der Waals surface area contributed by atoms with Crippen LogP contribution in [0.5, 0.6) is 0 Å². The topological polar surface area (TPSA) is 122 Å². The van der Waals surface area contributed by atoms with Crippen LogP contribution in [-0.4, -0.2) is 56.9 Å². The number of rotatable bonds is 4. The van der Waals surface area contributed by atoms with Crippen LogP contribution < -0.4 is 5.73 Å². The highest BCUT2D eigenvalue weighted by Gasteiger charge is 2.49. The zero-order valence-electron chi connectivity index (χ0n) is 14.8. The molecule has 2 aromatic rings. The first kappa shape index (κ1) is 19.3. The SMILES string of the molecule is Nc1ncnc2c1c(Br)cn2[C@@H]1O[C@H](CO)[C@@H](OC(=O)OC2CCCC2)[C@@H]1F. The van der Waals surface area contributed by atoms with Crippen LogP contribution >= 0.6 is 15.9 Å². The van der Waals surface area contributed by atoms with Crippen LogP contribution in [0.1, 0.15) is 31.9 Å². The van der Waals surface area contributed by atoms with Gasteiger partial charge in [0.25, 0.3) is 0 Å². The molecular formula is C17H20BrFN4O5. The molecule has 11 heteroatoms. The normalized spacial score (nSPS) is 28.1. The van der Waals surface area contributed by atoms with Gasteiger partial charge in [-0.25, -0.2) is 19.2 Å². The van der Waals surface area contributed by atoms with Gasteiger partial charge in [0.1, 0.15) is 30.0 Å². The molecule has 1 aliphatic heterocycles. The fourth-order valence-electron chi connectivity index (χ4n) is 3.74. The summed E-state index contributed by atoms with van der Waals surface area (Å²) in [6.45, 7) is -0.518. The molecule has 4 rings (SSSR count). The number of nitrogens with two attached hydrogens (primary N) is 1. The molecule has 9 nitrogen and oxygen atoms in total. The fraction of sp³-hybridized carbons (Fsp3) is 0.588. The van der Waals surface area contributed by atoms with Gasteiger partial charge in [0.2, 0.25) is 0 Å². The third-order valence-corrected chi connectivity index (χ3v) is 5.71. The Bertz CT molecular complexity index is 875. The number of aliphatic hydroxyl groups is 1. The van der Waals surface area contributed by atoms with Crippen molar-refractivity contribution in [2.75, 3.05) is 12.3 Å². The van der Waals surface area contributed by atoms with Gasteiger partial charge in [-0.3, -0.25) is 0 Å². The number of anilines is 1. The Labute approximate surface area is 168 Å². The van der Waals surface area contributed by atoms with E-state index in [0.717, 1.165) is 25.7 Å². The zero-order chi connectivity index (χ0) is 19.8. The predicted molar refractivity (Wildman–Crippen MR) is 99.1 cm³/mol. The van der Waals surface area contributed by atoms with Gasteiger partial charge >= 0.3 is 6.16 Å².